The van der Waals surface area contributed by atoms with Gasteiger partial charge in [0.2, 0.25) is 6.29 Å². The molecular formula is C14H22O4. The van der Waals surface area contributed by atoms with Gasteiger partial charge in [-0.2, -0.15) is 0 Å². The first-order chi connectivity index (χ1) is 8.40. The van der Waals surface area contributed by atoms with E-state index in [4.69, 9.17) is 14.2 Å². The summed E-state index contributed by atoms with van der Waals surface area (Å²) >= 11 is 0. The fraction of sp³-hybridized carbons (Fsp3) is 0.786. The van der Waals surface area contributed by atoms with Crippen molar-refractivity contribution in [1.29, 1.82) is 0 Å². The van der Waals surface area contributed by atoms with Crippen molar-refractivity contribution in [2.75, 3.05) is 6.61 Å². The van der Waals surface area contributed by atoms with Crippen molar-refractivity contribution < 1.29 is 19.0 Å². The zero-order valence-electron chi connectivity index (χ0n) is 11.6. The summed E-state index contributed by atoms with van der Waals surface area (Å²) in [5.74, 6) is 0.778. The molecule has 0 aromatic heterocycles. The summed E-state index contributed by atoms with van der Waals surface area (Å²) in [6.07, 6.45) is 2.20. The molecule has 2 heterocycles. The van der Waals surface area contributed by atoms with Gasteiger partial charge in [-0.05, 0) is 33.6 Å². The predicted octanol–water partition coefficient (Wildman–Crippen LogP) is 2.78. The molecule has 0 amide bonds. The number of esters is 1. The largest absolute Gasteiger partial charge is 0.468 e. The first-order valence-electron chi connectivity index (χ1n) is 6.64. The summed E-state index contributed by atoms with van der Waals surface area (Å²) in [6, 6.07) is 0. The van der Waals surface area contributed by atoms with Gasteiger partial charge in [-0.15, -0.1) is 0 Å². The second-order valence-electron chi connectivity index (χ2n) is 5.87. The minimum Gasteiger partial charge on any atom is -0.468 e. The van der Waals surface area contributed by atoms with Crippen LogP contribution < -0.4 is 0 Å². The topological polar surface area (TPSA) is 44.8 Å². The summed E-state index contributed by atoms with van der Waals surface area (Å²) in [6.45, 7) is 8.33. The lowest BCUT2D eigenvalue weighted by Gasteiger charge is -2.30. The normalized spacial score (nSPS) is 27.8. The van der Waals surface area contributed by atoms with Crippen LogP contribution in [0.1, 0.15) is 47.0 Å². The molecule has 2 rings (SSSR count). The highest BCUT2D eigenvalue weighted by Crippen LogP contribution is 2.37. The number of hydrogen-bond donors (Lipinski definition) is 0. The molecule has 4 nitrogen and oxygen atoms in total. The van der Waals surface area contributed by atoms with Gasteiger partial charge < -0.3 is 14.2 Å². The third-order valence-corrected chi connectivity index (χ3v) is 3.18. The van der Waals surface area contributed by atoms with E-state index >= 15 is 0 Å². The van der Waals surface area contributed by atoms with Crippen molar-refractivity contribution in [2.24, 2.45) is 5.92 Å². The van der Waals surface area contributed by atoms with Gasteiger partial charge in [0.1, 0.15) is 11.4 Å². The minimum atomic E-state index is -0.466. The predicted molar refractivity (Wildman–Crippen MR) is 66.7 cm³/mol. The summed E-state index contributed by atoms with van der Waals surface area (Å²) in [5, 5.41) is 0. The van der Waals surface area contributed by atoms with Gasteiger partial charge in [0, 0.05) is 12.3 Å². The SMILES string of the molecule is CCC1=C(C(=O)OC(C)(C)C)CC2CCOC2O1. The monoisotopic (exact) mass is 254 g/mol. The Bertz CT molecular complexity index is 364. The Morgan fingerprint density at radius 2 is 2.17 bits per heavy atom. The average Bonchev–Trinajstić information content (AvgIpc) is 2.71. The van der Waals surface area contributed by atoms with Crippen LogP contribution in [0.2, 0.25) is 0 Å². The molecule has 1 saturated heterocycles. The summed E-state index contributed by atoms with van der Waals surface area (Å²) in [5.41, 5.74) is 0.227. The molecule has 0 aromatic carbocycles. The maximum absolute atomic E-state index is 12.2. The Labute approximate surface area is 108 Å². The molecule has 1 fully saturated rings. The summed E-state index contributed by atoms with van der Waals surface area (Å²) in [7, 11) is 0. The van der Waals surface area contributed by atoms with E-state index < -0.39 is 5.60 Å². The zero-order chi connectivity index (χ0) is 13.3. The van der Waals surface area contributed by atoms with Crippen molar-refractivity contribution in [3.8, 4) is 0 Å². The number of hydrogen-bond acceptors (Lipinski definition) is 4. The molecular weight excluding hydrogens is 232 g/mol. The number of ether oxygens (including phenoxy) is 3. The highest BCUT2D eigenvalue weighted by molar-refractivity contribution is 5.89. The Morgan fingerprint density at radius 1 is 1.44 bits per heavy atom. The number of rotatable bonds is 2. The third kappa shape index (κ3) is 2.86. The van der Waals surface area contributed by atoms with Crippen molar-refractivity contribution >= 4 is 5.97 Å². The lowest BCUT2D eigenvalue weighted by atomic mass is 9.93. The smallest absolute Gasteiger partial charge is 0.337 e. The summed E-state index contributed by atoms with van der Waals surface area (Å²) < 4.78 is 16.7. The first-order valence-corrected chi connectivity index (χ1v) is 6.64. The number of carbonyl (C=O) groups excluding carboxylic acids is 1. The van der Waals surface area contributed by atoms with E-state index in [9.17, 15) is 4.79 Å². The molecule has 0 radical (unpaired) electrons. The molecule has 0 aromatic rings. The second kappa shape index (κ2) is 4.92. The van der Waals surface area contributed by atoms with Crippen LogP contribution >= 0.6 is 0 Å². The molecule has 0 saturated carbocycles. The molecule has 0 spiro atoms. The van der Waals surface area contributed by atoms with E-state index in [0.717, 1.165) is 12.2 Å². The Hall–Kier alpha value is -1.03. The highest BCUT2D eigenvalue weighted by Gasteiger charge is 2.38. The average molecular weight is 254 g/mol. The molecule has 0 aliphatic carbocycles. The Balaban J connectivity index is 2.15. The Kier molecular flexibility index (Phi) is 3.66. The van der Waals surface area contributed by atoms with Crippen LogP contribution in [0.25, 0.3) is 0 Å². The fourth-order valence-electron chi connectivity index (χ4n) is 2.36. The van der Waals surface area contributed by atoms with E-state index in [1.54, 1.807) is 0 Å². The van der Waals surface area contributed by atoms with Gasteiger partial charge in [-0.3, -0.25) is 0 Å². The van der Waals surface area contributed by atoms with E-state index in [1.165, 1.54) is 0 Å². The molecule has 2 aliphatic rings. The van der Waals surface area contributed by atoms with Crippen molar-refractivity contribution in [3.05, 3.63) is 11.3 Å². The van der Waals surface area contributed by atoms with Gasteiger partial charge in [-0.25, -0.2) is 4.79 Å². The van der Waals surface area contributed by atoms with Crippen LogP contribution in [0, 0.1) is 5.92 Å². The number of fused-ring (bicyclic) bond motifs is 1. The molecule has 2 aliphatic heterocycles. The molecule has 18 heavy (non-hydrogen) atoms. The molecule has 102 valence electrons. The van der Waals surface area contributed by atoms with E-state index in [-0.39, 0.29) is 12.3 Å². The number of carbonyl (C=O) groups is 1. The van der Waals surface area contributed by atoms with Gasteiger partial charge in [-0.1, -0.05) is 6.92 Å². The maximum Gasteiger partial charge on any atom is 0.337 e. The molecule has 0 N–H and O–H groups in total. The van der Waals surface area contributed by atoms with E-state index in [2.05, 4.69) is 0 Å². The second-order valence-corrected chi connectivity index (χ2v) is 5.87. The third-order valence-electron chi connectivity index (χ3n) is 3.18. The van der Waals surface area contributed by atoms with Crippen LogP contribution in [0.3, 0.4) is 0 Å². The minimum absolute atomic E-state index is 0.161. The van der Waals surface area contributed by atoms with Gasteiger partial charge in [0.15, 0.2) is 0 Å². The maximum atomic E-state index is 12.2. The van der Waals surface area contributed by atoms with Gasteiger partial charge in [0.25, 0.3) is 0 Å². The first kappa shape index (κ1) is 13.4. The molecule has 2 unspecified atom stereocenters. The van der Waals surface area contributed by atoms with E-state index in [0.29, 0.717) is 30.9 Å². The van der Waals surface area contributed by atoms with Crippen molar-refractivity contribution in [1.82, 2.24) is 0 Å². The quantitative estimate of drug-likeness (QED) is 0.711. The fourth-order valence-corrected chi connectivity index (χ4v) is 2.36. The lowest BCUT2D eigenvalue weighted by molar-refractivity contribution is -0.153. The van der Waals surface area contributed by atoms with Crippen molar-refractivity contribution in [3.63, 3.8) is 0 Å². The van der Waals surface area contributed by atoms with E-state index in [1.807, 2.05) is 27.7 Å². The van der Waals surface area contributed by atoms with Crippen LogP contribution in [0.5, 0.6) is 0 Å². The van der Waals surface area contributed by atoms with Crippen LogP contribution in [-0.2, 0) is 19.0 Å². The zero-order valence-corrected chi connectivity index (χ0v) is 11.6. The summed E-state index contributed by atoms with van der Waals surface area (Å²) in [4.78, 5) is 12.2. The molecule has 0 bridgehead atoms. The van der Waals surface area contributed by atoms with Crippen molar-refractivity contribution in [2.45, 2.75) is 58.8 Å². The van der Waals surface area contributed by atoms with Crippen LogP contribution in [0.15, 0.2) is 11.3 Å². The number of allylic oxidation sites excluding steroid dienone is 1. The van der Waals surface area contributed by atoms with Gasteiger partial charge in [0.05, 0.1) is 12.2 Å². The van der Waals surface area contributed by atoms with Gasteiger partial charge >= 0.3 is 5.97 Å². The van der Waals surface area contributed by atoms with Crippen LogP contribution in [0.4, 0.5) is 0 Å². The lowest BCUT2D eigenvalue weighted by Crippen LogP contribution is -2.31. The standard InChI is InChI=1S/C14H22O4/c1-5-11-10(12(15)18-14(2,3)4)8-9-6-7-16-13(9)17-11/h9,13H,5-8H2,1-4H3. The molecule has 4 heteroatoms. The molecule has 2 atom stereocenters. The highest BCUT2D eigenvalue weighted by atomic mass is 16.7. The Morgan fingerprint density at radius 3 is 2.78 bits per heavy atom. The van der Waals surface area contributed by atoms with Crippen LogP contribution in [-0.4, -0.2) is 24.5 Å².